The monoisotopic (exact) mass is 313 g/mol. The fraction of sp³-hybridized carbons (Fsp3) is 0.167. The number of anilines is 1. The molecule has 20 heavy (non-hydrogen) atoms. The Labute approximate surface area is 121 Å². The van der Waals surface area contributed by atoms with Crippen LogP contribution in [0.5, 0.6) is 6.01 Å². The van der Waals surface area contributed by atoms with Crippen LogP contribution < -0.4 is 9.46 Å². The van der Waals surface area contributed by atoms with Crippen LogP contribution in [0.3, 0.4) is 0 Å². The van der Waals surface area contributed by atoms with Crippen LogP contribution in [-0.2, 0) is 10.0 Å². The lowest BCUT2D eigenvalue weighted by Gasteiger charge is -2.08. The van der Waals surface area contributed by atoms with Crippen LogP contribution in [0.15, 0.2) is 35.5 Å². The lowest BCUT2D eigenvalue weighted by atomic mass is 10.2. The van der Waals surface area contributed by atoms with Crippen LogP contribution in [0.2, 0.25) is 5.02 Å². The summed E-state index contributed by atoms with van der Waals surface area (Å²) in [5.74, 6) is 0. The van der Waals surface area contributed by atoms with Crippen molar-refractivity contribution in [3.63, 3.8) is 0 Å². The summed E-state index contributed by atoms with van der Waals surface area (Å²) in [7, 11) is -2.30. The largest absolute Gasteiger partial charge is 0.467 e. The van der Waals surface area contributed by atoms with Crippen molar-refractivity contribution >= 4 is 27.3 Å². The minimum Gasteiger partial charge on any atom is -0.467 e. The Hall–Kier alpha value is -1.86. The molecule has 0 spiro atoms. The Kier molecular flexibility index (Phi) is 4.10. The first kappa shape index (κ1) is 14.5. The predicted octanol–water partition coefficient (Wildman–Crippen LogP) is 2.25. The van der Waals surface area contributed by atoms with Gasteiger partial charge in [-0.05, 0) is 24.6 Å². The van der Waals surface area contributed by atoms with E-state index in [0.29, 0.717) is 5.02 Å². The van der Waals surface area contributed by atoms with Crippen LogP contribution in [-0.4, -0.2) is 25.5 Å². The summed E-state index contributed by atoms with van der Waals surface area (Å²) in [6, 6.07) is 4.67. The van der Waals surface area contributed by atoms with Crippen molar-refractivity contribution in [2.24, 2.45) is 0 Å². The van der Waals surface area contributed by atoms with Gasteiger partial charge in [-0.1, -0.05) is 17.7 Å². The van der Waals surface area contributed by atoms with Crippen molar-refractivity contribution in [1.82, 2.24) is 9.97 Å². The van der Waals surface area contributed by atoms with Crippen LogP contribution in [0, 0.1) is 6.92 Å². The smallest absolute Gasteiger partial charge is 0.316 e. The highest BCUT2D eigenvalue weighted by Crippen LogP contribution is 2.22. The number of aromatic nitrogens is 2. The second-order valence-corrected chi connectivity index (χ2v) is 6.06. The molecule has 0 saturated heterocycles. The van der Waals surface area contributed by atoms with Gasteiger partial charge in [0, 0.05) is 5.02 Å². The summed E-state index contributed by atoms with van der Waals surface area (Å²) in [6.07, 6.45) is 2.64. The minimum atomic E-state index is -3.73. The first-order valence-electron chi connectivity index (χ1n) is 5.57. The van der Waals surface area contributed by atoms with Gasteiger partial charge in [-0.15, -0.1) is 0 Å². The lowest BCUT2D eigenvalue weighted by molar-refractivity contribution is 0.380. The zero-order valence-electron chi connectivity index (χ0n) is 10.8. The van der Waals surface area contributed by atoms with Gasteiger partial charge in [0.1, 0.15) is 0 Å². The van der Waals surface area contributed by atoms with Crippen molar-refractivity contribution in [2.45, 2.75) is 11.8 Å². The molecule has 0 aliphatic carbocycles. The van der Waals surface area contributed by atoms with Crippen molar-refractivity contribution in [3.05, 3.63) is 41.2 Å². The Morgan fingerprint density at radius 1 is 1.25 bits per heavy atom. The Balaban J connectivity index is 2.27. The van der Waals surface area contributed by atoms with E-state index in [2.05, 4.69) is 14.7 Å². The Morgan fingerprint density at radius 2 is 1.90 bits per heavy atom. The van der Waals surface area contributed by atoms with E-state index < -0.39 is 10.0 Å². The standard InChI is InChI=1S/C12H12ClN3O3S/c1-8-3-4-10(5-11(8)13)20(17,18)16-9-6-14-12(19-2)15-7-9/h3-7,16H,1-2H3. The molecule has 0 saturated carbocycles. The van der Waals surface area contributed by atoms with Crippen LogP contribution in [0.4, 0.5) is 5.69 Å². The molecule has 0 unspecified atom stereocenters. The van der Waals surface area contributed by atoms with Crippen LogP contribution in [0.1, 0.15) is 5.56 Å². The average molecular weight is 314 g/mol. The van der Waals surface area contributed by atoms with Crippen molar-refractivity contribution < 1.29 is 13.2 Å². The van der Waals surface area contributed by atoms with E-state index >= 15 is 0 Å². The topological polar surface area (TPSA) is 81.2 Å². The molecular weight excluding hydrogens is 302 g/mol. The number of methoxy groups -OCH3 is 1. The van der Waals surface area contributed by atoms with Gasteiger partial charge < -0.3 is 4.74 Å². The maximum atomic E-state index is 12.2. The molecule has 1 N–H and O–H groups in total. The van der Waals surface area contributed by atoms with Gasteiger partial charge in [-0.2, -0.15) is 0 Å². The fourth-order valence-electron chi connectivity index (χ4n) is 1.43. The predicted molar refractivity (Wildman–Crippen MR) is 75.6 cm³/mol. The average Bonchev–Trinajstić information content (AvgIpc) is 2.42. The molecule has 1 heterocycles. The van der Waals surface area contributed by atoms with E-state index in [4.69, 9.17) is 16.3 Å². The van der Waals surface area contributed by atoms with Gasteiger partial charge in [-0.3, -0.25) is 4.72 Å². The van der Waals surface area contributed by atoms with E-state index in [-0.39, 0.29) is 16.6 Å². The Morgan fingerprint density at radius 3 is 2.45 bits per heavy atom. The summed E-state index contributed by atoms with van der Waals surface area (Å²) in [6.45, 7) is 1.80. The number of hydrogen-bond donors (Lipinski definition) is 1. The third-order valence-electron chi connectivity index (χ3n) is 2.52. The zero-order valence-corrected chi connectivity index (χ0v) is 12.4. The molecule has 8 heteroatoms. The second kappa shape index (κ2) is 5.64. The van der Waals surface area contributed by atoms with Gasteiger partial charge in [0.25, 0.3) is 10.0 Å². The third kappa shape index (κ3) is 3.17. The SMILES string of the molecule is COc1ncc(NS(=O)(=O)c2ccc(C)c(Cl)c2)cn1. The number of aryl methyl sites for hydroxylation is 1. The molecule has 0 fully saturated rings. The maximum absolute atomic E-state index is 12.2. The number of nitrogens with one attached hydrogen (secondary N) is 1. The summed E-state index contributed by atoms with van der Waals surface area (Å²) >= 11 is 5.93. The number of nitrogens with zero attached hydrogens (tertiary/aromatic N) is 2. The third-order valence-corrected chi connectivity index (χ3v) is 4.30. The van der Waals surface area contributed by atoms with Gasteiger partial charge in [0.15, 0.2) is 0 Å². The highest BCUT2D eigenvalue weighted by atomic mass is 35.5. The van der Waals surface area contributed by atoms with Crippen molar-refractivity contribution in [1.29, 1.82) is 0 Å². The molecule has 0 aliphatic heterocycles. The molecule has 0 atom stereocenters. The van der Waals surface area contributed by atoms with Crippen LogP contribution >= 0.6 is 11.6 Å². The number of hydrogen-bond acceptors (Lipinski definition) is 5. The number of sulfonamides is 1. The van der Waals surface area contributed by atoms with E-state index in [0.717, 1.165) is 5.56 Å². The highest BCUT2D eigenvalue weighted by molar-refractivity contribution is 7.92. The van der Waals surface area contributed by atoms with E-state index in [9.17, 15) is 8.42 Å². The fourth-order valence-corrected chi connectivity index (χ4v) is 2.73. The van der Waals surface area contributed by atoms with Gasteiger partial charge in [0.2, 0.25) is 0 Å². The quantitative estimate of drug-likeness (QED) is 0.936. The Bertz CT molecular complexity index is 717. The number of rotatable bonds is 4. The summed E-state index contributed by atoms with van der Waals surface area (Å²) < 4.78 is 31.5. The summed E-state index contributed by atoms with van der Waals surface area (Å²) in [5.41, 5.74) is 1.04. The van der Waals surface area contributed by atoms with Gasteiger partial charge in [-0.25, -0.2) is 18.4 Å². The molecule has 1 aromatic carbocycles. The maximum Gasteiger partial charge on any atom is 0.316 e. The molecule has 2 aromatic rings. The van der Waals surface area contributed by atoms with Crippen LogP contribution in [0.25, 0.3) is 0 Å². The number of benzene rings is 1. The molecule has 1 aromatic heterocycles. The van der Waals surface area contributed by atoms with Gasteiger partial charge >= 0.3 is 6.01 Å². The molecule has 0 amide bonds. The first-order chi connectivity index (χ1) is 9.42. The zero-order chi connectivity index (χ0) is 14.8. The van der Waals surface area contributed by atoms with E-state index in [1.54, 1.807) is 13.0 Å². The highest BCUT2D eigenvalue weighted by Gasteiger charge is 2.15. The molecule has 6 nitrogen and oxygen atoms in total. The van der Waals surface area contributed by atoms with Gasteiger partial charge in [0.05, 0.1) is 30.1 Å². The molecule has 0 aliphatic rings. The normalized spacial score (nSPS) is 11.2. The van der Waals surface area contributed by atoms with Crippen molar-refractivity contribution in [3.8, 4) is 6.01 Å². The minimum absolute atomic E-state index is 0.0731. The lowest BCUT2D eigenvalue weighted by Crippen LogP contribution is -2.13. The summed E-state index contributed by atoms with van der Waals surface area (Å²) in [4.78, 5) is 7.71. The molecule has 0 bridgehead atoms. The second-order valence-electron chi connectivity index (χ2n) is 3.97. The summed E-state index contributed by atoms with van der Waals surface area (Å²) in [5, 5.41) is 0.388. The molecule has 0 radical (unpaired) electrons. The molecule has 2 rings (SSSR count). The number of ether oxygens (including phenoxy) is 1. The van der Waals surface area contributed by atoms with E-state index in [1.165, 1.54) is 31.6 Å². The van der Waals surface area contributed by atoms with Crippen molar-refractivity contribution in [2.75, 3.05) is 11.8 Å². The molecular formula is C12H12ClN3O3S. The first-order valence-corrected chi connectivity index (χ1v) is 7.43. The van der Waals surface area contributed by atoms with E-state index in [1.807, 2.05) is 0 Å². The molecule has 106 valence electrons. The number of halogens is 1.